The number of piperazine rings is 1. The summed E-state index contributed by atoms with van der Waals surface area (Å²) in [6.07, 6.45) is 3.50. The van der Waals surface area contributed by atoms with Gasteiger partial charge in [0.2, 0.25) is 5.91 Å². The number of carbonyl (C=O) groups is 1. The normalized spacial score (nSPS) is 16.9. The lowest BCUT2D eigenvalue weighted by molar-refractivity contribution is -0.127. The molecule has 5 heteroatoms. The summed E-state index contributed by atoms with van der Waals surface area (Å²) < 4.78 is 0. The highest BCUT2D eigenvalue weighted by atomic mass is 32.1. The first kappa shape index (κ1) is 16.4. The topological polar surface area (TPSA) is 47.3 Å². The summed E-state index contributed by atoms with van der Waals surface area (Å²) in [4.78, 5) is 17.3. The molecule has 1 fully saturated rings. The lowest BCUT2D eigenvalue weighted by Crippen LogP contribution is -2.49. The van der Waals surface area contributed by atoms with Crippen LogP contribution in [0, 0.1) is 11.3 Å². The van der Waals surface area contributed by atoms with Gasteiger partial charge in [0.25, 0.3) is 0 Å². The van der Waals surface area contributed by atoms with Gasteiger partial charge in [-0.25, -0.2) is 0 Å². The van der Waals surface area contributed by atoms with Gasteiger partial charge in [-0.2, -0.15) is 5.26 Å². The molecule has 1 amide bonds. The Labute approximate surface area is 146 Å². The summed E-state index contributed by atoms with van der Waals surface area (Å²) in [6, 6.07) is 15.9. The van der Waals surface area contributed by atoms with E-state index in [2.05, 4.69) is 11.0 Å². The molecule has 0 spiro atoms. The molecule has 0 saturated carbocycles. The molecular formula is C19H19N3OS. The number of nitriles is 1. The lowest BCUT2D eigenvalue weighted by Gasteiger charge is -2.36. The Morgan fingerprint density at radius 1 is 1.12 bits per heavy atom. The molecule has 1 aromatic carbocycles. The first-order valence-electron chi connectivity index (χ1n) is 7.97. The zero-order valence-electron chi connectivity index (χ0n) is 13.3. The number of amides is 1. The Hall–Kier alpha value is -2.42. The minimum atomic E-state index is -0.245. The largest absolute Gasteiger partial charge is 0.337 e. The van der Waals surface area contributed by atoms with Gasteiger partial charge < -0.3 is 4.90 Å². The van der Waals surface area contributed by atoms with Crippen LogP contribution in [-0.2, 0) is 4.79 Å². The van der Waals surface area contributed by atoms with Crippen molar-refractivity contribution in [1.29, 1.82) is 5.26 Å². The number of hydrogen-bond acceptors (Lipinski definition) is 4. The smallest absolute Gasteiger partial charge is 0.246 e. The molecule has 4 nitrogen and oxygen atoms in total. The Morgan fingerprint density at radius 3 is 2.50 bits per heavy atom. The molecule has 1 aliphatic heterocycles. The van der Waals surface area contributed by atoms with Gasteiger partial charge in [-0.05, 0) is 23.1 Å². The van der Waals surface area contributed by atoms with E-state index in [-0.39, 0.29) is 11.9 Å². The van der Waals surface area contributed by atoms with Gasteiger partial charge in [-0.15, -0.1) is 11.3 Å². The average molecular weight is 337 g/mol. The van der Waals surface area contributed by atoms with Gasteiger partial charge in [0.15, 0.2) is 0 Å². The summed E-state index contributed by atoms with van der Waals surface area (Å²) >= 11 is 1.61. The monoisotopic (exact) mass is 337 g/mol. The molecule has 2 aromatic rings. The van der Waals surface area contributed by atoms with Gasteiger partial charge in [0.05, 0.1) is 6.07 Å². The van der Waals surface area contributed by atoms with Crippen molar-refractivity contribution in [3.63, 3.8) is 0 Å². The van der Waals surface area contributed by atoms with E-state index in [0.29, 0.717) is 26.2 Å². The number of carbonyl (C=O) groups excluding carboxylic acids is 1. The van der Waals surface area contributed by atoms with Gasteiger partial charge in [0, 0.05) is 37.1 Å². The standard InChI is InChI=1S/C19H19N3OS/c20-15-18(16-5-2-1-3-6-16)21-10-12-22(13-11-21)19(23)9-8-17-7-4-14-24-17/h1-9,14,18H,10-13H2. The minimum absolute atomic E-state index is 0.0382. The third kappa shape index (κ3) is 3.91. The third-order valence-corrected chi connectivity index (χ3v) is 5.00. The van der Waals surface area contributed by atoms with Crippen molar-refractivity contribution in [2.75, 3.05) is 26.2 Å². The van der Waals surface area contributed by atoms with Crippen LogP contribution in [0.15, 0.2) is 53.9 Å². The number of rotatable bonds is 4. The van der Waals surface area contributed by atoms with E-state index in [4.69, 9.17) is 0 Å². The molecule has 2 heterocycles. The fourth-order valence-corrected chi connectivity index (χ4v) is 3.47. The first-order chi connectivity index (χ1) is 11.8. The van der Waals surface area contributed by atoms with Crippen molar-refractivity contribution in [1.82, 2.24) is 9.80 Å². The minimum Gasteiger partial charge on any atom is -0.337 e. The summed E-state index contributed by atoms with van der Waals surface area (Å²) in [5.41, 5.74) is 1.01. The van der Waals surface area contributed by atoms with E-state index in [9.17, 15) is 10.1 Å². The van der Waals surface area contributed by atoms with Crippen LogP contribution in [0.3, 0.4) is 0 Å². The van der Waals surface area contributed by atoms with Crippen LogP contribution in [0.2, 0.25) is 0 Å². The van der Waals surface area contributed by atoms with Crippen molar-refractivity contribution in [3.8, 4) is 6.07 Å². The van der Waals surface area contributed by atoms with Gasteiger partial charge in [-0.3, -0.25) is 9.69 Å². The summed E-state index contributed by atoms with van der Waals surface area (Å²) in [5, 5.41) is 11.5. The molecule has 0 radical (unpaired) electrons. The van der Waals surface area contributed by atoms with Gasteiger partial charge in [-0.1, -0.05) is 36.4 Å². The molecule has 1 aliphatic rings. The van der Waals surface area contributed by atoms with Crippen molar-refractivity contribution >= 4 is 23.3 Å². The second kappa shape index (κ2) is 7.91. The maximum absolute atomic E-state index is 12.3. The summed E-state index contributed by atoms with van der Waals surface area (Å²) in [5.74, 6) is 0.0382. The van der Waals surface area contributed by atoms with Crippen molar-refractivity contribution in [2.24, 2.45) is 0 Å². The van der Waals surface area contributed by atoms with Crippen molar-refractivity contribution < 1.29 is 4.79 Å². The molecule has 1 unspecified atom stereocenters. The Balaban J connectivity index is 1.57. The molecule has 1 aromatic heterocycles. The fraction of sp³-hybridized carbons (Fsp3) is 0.263. The number of thiophene rings is 1. The SMILES string of the molecule is N#CC(c1ccccc1)N1CCN(C(=O)C=Cc2cccs2)CC1. The zero-order valence-corrected chi connectivity index (χ0v) is 14.2. The van der Waals surface area contributed by atoms with E-state index < -0.39 is 0 Å². The Morgan fingerprint density at radius 2 is 1.88 bits per heavy atom. The maximum Gasteiger partial charge on any atom is 0.246 e. The third-order valence-electron chi connectivity index (χ3n) is 4.16. The highest BCUT2D eigenvalue weighted by Gasteiger charge is 2.26. The highest BCUT2D eigenvalue weighted by molar-refractivity contribution is 7.10. The average Bonchev–Trinajstić information content (AvgIpc) is 3.15. The summed E-state index contributed by atoms with van der Waals surface area (Å²) in [7, 11) is 0. The molecule has 3 rings (SSSR count). The molecule has 0 bridgehead atoms. The number of benzene rings is 1. The van der Waals surface area contributed by atoms with Gasteiger partial charge >= 0.3 is 0 Å². The second-order valence-corrected chi connectivity index (χ2v) is 6.63. The predicted octanol–water partition coefficient (Wildman–Crippen LogP) is 3.17. The number of hydrogen-bond donors (Lipinski definition) is 0. The van der Waals surface area contributed by atoms with E-state index in [1.54, 1.807) is 17.4 Å². The van der Waals surface area contributed by atoms with E-state index in [1.807, 2.05) is 58.8 Å². The highest BCUT2D eigenvalue weighted by Crippen LogP contribution is 2.21. The molecule has 0 aliphatic carbocycles. The molecule has 24 heavy (non-hydrogen) atoms. The second-order valence-electron chi connectivity index (χ2n) is 5.65. The van der Waals surface area contributed by atoms with Crippen LogP contribution in [0.4, 0.5) is 0 Å². The zero-order chi connectivity index (χ0) is 16.8. The van der Waals surface area contributed by atoms with Gasteiger partial charge in [0.1, 0.15) is 6.04 Å². The van der Waals surface area contributed by atoms with E-state index in [1.165, 1.54) is 0 Å². The van der Waals surface area contributed by atoms with Crippen molar-refractivity contribution in [2.45, 2.75) is 6.04 Å². The van der Waals surface area contributed by atoms with E-state index >= 15 is 0 Å². The first-order valence-corrected chi connectivity index (χ1v) is 8.85. The van der Waals surface area contributed by atoms with Crippen LogP contribution in [0.5, 0.6) is 0 Å². The fourth-order valence-electron chi connectivity index (χ4n) is 2.85. The molecule has 122 valence electrons. The predicted molar refractivity (Wildman–Crippen MR) is 96.3 cm³/mol. The maximum atomic E-state index is 12.3. The lowest BCUT2D eigenvalue weighted by atomic mass is 10.1. The molecular weight excluding hydrogens is 318 g/mol. The van der Waals surface area contributed by atoms with Crippen LogP contribution >= 0.6 is 11.3 Å². The van der Waals surface area contributed by atoms with Crippen molar-refractivity contribution in [3.05, 3.63) is 64.4 Å². The van der Waals surface area contributed by atoms with Crippen LogP contribution in [0.25, 0.3) is 6.08 Å². The van der Waals surface area contributed by atoms with Crippen LogP contribution in [-0.4, -0.2) is 41.9 Å². The summed E-state index contributed by atoms with van der Waals surface area (Å²) in [6.45, 7) is 2.73. The van der Waals surface area contributed by atoms with Crippen LogP contribution in [0.1, 0.15) is 16.5 Å². The number of nitrogens with zero attached hydrogens (tertiary/aromatic N) is 3. The quantitative estimate of drug-likeness (QED) is 0.805. The molecule has 0 N–H and O–H groups in total. The Bertz CT molecular complexity index is 726. The van der Waals surface area contributed by atoms with E-state index in [0.717, 1.165) is 10.4 Å². The van der Waals surface area contributed by atoms with Crippen LogP contribution < -0.4 is 0 Å². The molecule has 1 saturated heterocycles. The molecule has 1 atom stereocenters. The Kier molecular flexibility index (Phi) is 5.42.